The molecule has 0 spiro atoms. The van der Waals surface area contributed by atoms with E-state index in [0.717, 1.165) is 0 Å². The first-order valence-corrected chi connectivity index (χ1v) is 5.17. The number of nitro groups is 1. The molecule has 6 heteroatoms. The lowest BCUT2D eigenvalue weighted by molar-refractivity contribution is -0.384. The van der Waals surface area contributed by atoms with Crippen molar-refractivity contribution in [3.8, 4) is 11.6 Å². The van der Waals surface area contributed by atoms with Crippen LogP contribution >= 0.6 is 0 Å². The van der Waals surface area contributed by atoms with Gasteiger partial charge in [-0.25, -0.2) is 4.98 Å². The van der Waals surface area contributed by atoms with Crippen LogP contribution in [-0.4, -0.2) is 15.0 Å². The molecule has 0 aliphatic carbocycles. The zero-order valence-corrected chi connectivity index (χ0v) is 9.31. The van der Waals surface area contributed by atoms with Crippen LogP contribution in [0, 0.1) is 10.1 Å². The first kappa shape index (κ1) is 12.0. The van der Waals surface area contributed by atoms with Gasteiger partial charge in [0, 0.05) is 18.3 Å². The Labute approximate surface area is 103 Å². The summed E-state index contributed by atoms with van der Waals surface area (Å²) in [5, 5.41) is 19.5. The Morgan fingerprint density at radius 3 is 2.78 bits per heavy atom. The number of hydrogen-bond donors (Lipinski definition) is 1. The molecule has 0 unspecified atom stereocenters. The summed E-state index contributed by atoms with van der Waals surface area (Å²) >= 11 is 0. The van der Waals surface area contributed by atoms with Crippen LogP contribution in [0.3, 0.4) is 0 Å². The molecule has 0 saturated carbocycles. The molecular formula is C12H10N2O4. The van der Waals surface area contributed by atoms with Crippen molar-refractivity contribution in [2.75, 3.05) is 0 Å². The molecule has 0 aliphatic rings. The molecule has 2 rings (SSSR count). The Kier molecular flexibility index (Phi) is 3.49. The van der Waals surface area contributed by atoms with E-state index in [9.17, 15) is 10.1 Å². The van der Waals surface area contributed by atoms with Gasteiger partial charge in [-0.05, 0) is 17.7 Å². The van der Waals surface area contributed by atoms with E-state index in [1.165, 1.54) is 24.4 Å². The fourth-order valence-corrected chi connectivity index (χ4v) is 1.35. The van der Waals surface area contributed by atoms with Gasteiger partial charge in [0.25, 0.3) is 5.69 Å². The number of non-ortho nitro benzene ring substituents is 1. The number of aliphatic hydroxyl groups is 1. The number of nitro benzene ring substituents is 1. The second-order valence-corrected chi connectivity index (χ2v) is 3.52. The van der Waals surface area contributed by atoms with Crippen LogP contribution in [0.5, 0.6) is 11.6 Å². The SMILES string of the molecule is O=[N+]([O-])c1cccc(Oc2ccc(CO)cn2)c1. The summed E-state index contributed by atoms with van der Waals surface area (Å²) in [5.74, 6) is 0.654. The van der Waals surface area contributed by atoms with Crippen molar-refractivity contribution < 1.29 is 14.8 Å². The van der Waals surface area contributed by atoms with Crippen molar-refractivity contribution in [1.82, 2.24) is 4.98 Å². The van der Waals surface area contributed by atoms with Gasteiger partial charge in [-0.15, -0.1) is 0 Å². The highest BCUT2D eigenvalue weighted by Crippen LogP contribution is 2.23. The van der Waals surface area contributed by atoms with Crippen LogP contribution in [-0.2, 0) is 6.61 Å². The van der Waals surface area contributed by atoms with Gasteiger partial charge in [-0.1, -0.05) is 6.07 Å². The largest absolute Gasteiger partial charge is 0.439 e. The van der Waals surface area contributed by atoms with Crippen LogP contribution in [0.2, 0.25) is 0 Å². The Bertz CT molecular complexity index is 554. The van der Waals surface area contributed by atoms with Crippen LogP contribution in [0.15, 0.2) is 42.6 Å². The van der Waals surface area contributed by atoms with Crippen molar-refractivity contribution in [3.63, 3.8) is 0 Å². The maximum Gasteiger partial charge on any atom is 0.273 e. The number of ether oxygens (including phenoxy) is 1. The highest BCUT2D eigenvalue weighted by atomic mass is 16.6. The Balaban J connectivity index is 2.17. The number of hydrogen-bond acceptors (Lipinski definition) is 5. The number of nitrogens with zero attached hydrogens (tertiary/aromatic N) is 2. The summed E-state index contributed by atoms with van der Waals surface area (Å²) in [5.41, 5.74) is 0.626. The number of rotatable bonds is 4. The quantitative estimate of drug-likeness (QED) is 0.660. The summed E-state index contributed by atoms with van der Waals surface area (Å²) in [6.07, 6.45) is 1.48. The Morgan fingerprint density at radius 1 is 1.33 bits per heavy atom. The zero-order chi connectivity index (χ0) is 13.0. The van der Waals surface area contributed by atoms with E-state index in [1.54, 1.807) is 18.2 Å². The fraction of sp³-hybridized carbons (Fsp3) is 0.0833. The lowest BCUT2D eigenvalue weighted by atomic mass is 10.3. The van der Waals surface area contributed by atoms with Crippen molar-refractivity contribution in [2.24, 2.45) is 0 Å². The van der Waals surface area contributed by atoms with E-state index < -0.39 is 4.92 Å². The van der Waals surface area contributed by atoms with E-state index in [4.69, 9.17) is 9.84 Å². The molecule has 0 amide bonds. The maximum absolute atomic E-state index is 10.6. The molecule has 0 saturated heterocycles. The maximum atomic E-state index is 10.6. The monoisotopic (exact) mass is 246 g/mol. The molecule has 1 aromatic heterocycles. The fourth-order valence-electron chi connectivity index (χ4n) is 1.35. The van der Waals surface area contributed by atoms with Gasteiger partial charge < -0.3 is 9.84 Å². The lowest BCUT2D eigenvalue weighted by Crippen LogP contribution is -1.92. The second-order valence-electron chi connectivity index (χ2n) is 3.52. The molecule has 0 radical (unpaired) electrons. The van der Waals surface area contributed by atoms with Crippen molar-refractivity contribution >= 4 is 5.69 Å². The standard InChI is InChI=1S/C12H10N2O4/c15-8-9-4-5-12(13-7-9)18-11-3-1-2-10(6-11)14(16)17/h1-7,15H,8H2. The van der Waals surface area contributed by atoms with Gasteiger partial charge >= 0.3 is 0 Å². The summed E-state index contributed by atoms with van der Waals surface area (Å²) < 4.78 is 5.37. The first-order chi connectivity index (χ1) is 8.69. The Morgan fingerprint density at radius 2 is 2.17 bits per heavy atom. The summed E-state index contributed by atoms with van der Waals surface area (Å²) in [6, 6.07) is 9.10. The second kappa shape index (κ2) is 5.24. The highest BCUT2D eigenvalue weighted by molar-refractivity contribution is 5.39. The topological polar surface area (TPSA) is 85.5 Å². The van der Waals surface area contributed by atoms with E-state index >= 15 is 0 Å². The van der Waals surface area contributed by atoms with Crippen LogP contribution < -0.4 is 4.74 Å². The predicted octanol–water partition coefficient (Wildman–Crippen LogP) is 2.27. The molecule has 0 fully saturated rings. The molecule has 1 N–H and O–H groups in total. The smallest absolute Gasteiger partial charge is 0.273 e. The number of aromatic nitrogens is 1. The first-order valence-electron chi connectivity index (χ1n) is 5.17. The summed E-state index contributed by atoms with van der Waals surface area (Å²) in [6.45, 7) is -0.0932. The minimum Gasteiger partial charge on any atom is -0.439 e. The molecule has 1 aromatic carbocycles. The third kappa shape index (κ3) is 2.80. The van der Waals surface area contributed by atoms with Crippen LogP contribution in [0.4, 0.5) is 5.69 Å². The van der Waals surface area contributed by atoms with Crippen molar-refractivity contribution in [2.45, 2.75) is 6.61 Å². The van der Waals surface area contributed by atoms with Crippen molar-refractivity contribution in [3.05, 3.63) is 58.3 Å². The molecular weight excluding hydrogens is 236 g/mol. The molecule has 2 aromatic rings. The number of pyridine rings is 1. The summed E-state index contributed by atoms with van der Waals surface area (Å²) in [4.78, 5) is 14.1. The van der Waals surface area contributed by atoms with Gasteiger partial charge in [0.1, 0.15) is 5.75 Å². The summed E-state index contributed by atoms with van der Waals surface area (Å²) in [7, 11) is 0. The lowest BCUT2D eigenvalue weighted by Gasteiger charge is -2.04. The molecule has 6 nitrogen and oxygen atoms in total. The van der Waals surface area contributed by atoms with Gasteiger partial charge in [0.05, 0.1) is 17.6 Å². The molecule has 0 atom stereocenters. The Hall–Kier alpha value is -2.47. The molecule has 18 heavy (non-hydrogen) atoms. The van der Waals surface area contributed by atoms with E-state index in [2.05, 4.69) is 4.98 Å². The van der Waals surface area contributed by atoms with Gasteiger partial charge in [-0.2, -0.15) is 0 Å². The number of aliphatic hydroxyl groups excluding tert-OH is 1. The van der Waals surface area contributed by atoms with Gasteiger partial charge in [0.15, 0.2) is 0 Å². The third-order valence-corrected chi connectivity index (χ3v) is 2.23. The molecule has 0 aliphatic heterocycles. The van der Waals surface area contributed by atoms with Crippen LogP contribution in [0.1, 0.15) is 5.56 Å². The average Bonchev–Trinajstić information content (AvgIpc) is 2.40. The average molecular weight is 246 g/mol. The van der Waals surface area contributed by atoms with Gasteiger partial charge in [-0.3, -0.25) is 10.1 Å². The molecule has 1 heterocycles. The zero-order valence-electron chi connectivity index (χ0n) is 9.31. The minimum atomic E-state index is -0.491. The third-order valence-electron chi connectivity index (χ3n) is 2.23. The van der Waals surface area contributed by atoms with Crippen molar-refractivity contribution in [1.29, 1.82) is 0 Å². The molecule has 92 valence electrons. The number of benzene rings is 1. The predicted molar refractivity (Wildman–Crippen MR) is 63.3 cm³/mol. The normalized spacial score (nSPS) is 10.1. The van der Waals surface area contributed by atoms with Crippen LogP contribution in [0.25, 0.3) is 0 Å². The minimum absolute atomic E-state index is 0.0421. The van der Waals surface area contributed by atoms with E-state index in [1.807, 2.05) is 0 Å². The van der Waals surface area contributed by atoms with E-state index in [-0.39, 0.29) is 12.3 Å². The molecule has 0 bridgehead atoms. The highest BCUT2D eigenvalue weighted by Gasteiger charge is 2.07. The van der Waals surface area contributed by atoms with E-state index in [0.29, 0.717) is 17.2 Å². The van der Waals surface area contributed by atoms with Gasteiger partial charge in [0.2, 0.25) is 5.88 Å².